The third kappa shape index (κ3) is 6.37. The van der Waals surface area contributed by atoms with Crippen molar-refractivity contribution in [1.29, 1.82) is 0 Å². The Labute approximate surface area is 212 Å². The van der Waals surface area contributed by atoms with Crippen molar-refractivity contribution in [2.24, 2.45) is 0 Å². The molecule has 2 saturated heterocycles. The molecule has 4 rings (SSSR count). The largest absolute Gasteiger partial charge is 0.442 e. The fraction of sp³-hybridized carbons (Fsp3) is 0.429. The first-order valence-electron chi connectivity index (χ1n) is 11.2. The van der Waals surface area contributed by atoms with Gasteiger partial charge in [-0.3, -0.25) is 14.7 Å². The number of rotatable bonds is 7. The molecule has 16 heteroatoms. The number of ether oxygens (including phenoxy) is 1. The molecule has 200 valence electrons. The predicted octanol–water partition coefficient (Wildman–Crippen LogP) is 1.66. The van der Waals surface area contributed by atoms with E-state index in [1.54, 1.807) is 11.6 Å². The van der Waals surface area contributed by atoms with E-state index in [0.29, 0.717) is 0 Å². The van der Waals surface area contributed by atoms with Gasteiger partial charge in [0, 0.05) is 43.3 Å². The van der Waals surface area contributed by atoms with Gasteiger partial charge >= 0.3 is 18.5 Å². The Balaban J connectivity index is 1.37. The van der Waals surface area contributed by atoms with Gasteiger partial charge in [-0.1, -0.05) is 0 Å². The molecule has 0 saturated carbocycles. The zero-order valence-electron chi connectivity index (χ0n) is 19.3. The molecule has 4 amide bonds. The average Bonchev–Trinajstić information content (AvgIpc) is 3.44. The first-order chi connectivity index (χ1) is 17.7. The summed E-state index contributed by atoms with van der Waals surface area (Å²) < 4.78 is 59.8. The molecule has 1 atom stereocenters. The van der Waals surface area contributed by atoms with E-state index in [4.69, 9.17) is 4.74 Å². The number of hydrogen-bond acceptors (Lipinski definition) is 8. The van der Waals surface area contributed by atoms with Crippen LogP contribution in [0.25, 0.3) is 0 Å². The number of hydrogen-bond donors (Lipinski definition) is 3. The first-order valence-corrected chi connectivity index (χ1v) is 12.1. The van der Waals surface area contributed by atoms with Crippen molar-refractivity contribution in [3.8, 4) is 0 Å². The molecule has 0 spiro atoms. The van der Waals surface area contributed by atoms with Gasteiger partial charge in [-0.05, 0) is 0 Å². The molecule has 11 nitrogen and oxygen atoms in total. The Morgan fingerprint density at radius 2 is 1.95 bits per heavy atom. The zero-order valence-corrected chi connectivity index (χ0v) is 20.1. The number of nitrogens with one attached hydrogen (secondary N) is 3. The summed E-state index contributed by atoms with van der Waals surface area (Å²) in [7, 11) is 0. The van der Waals surface area contributed by atoms with Crippen LogP contribution in [-0.4, -0.2) is 79.8 Å². The number of amides is 4. The van der Waals surface area contributed by atoms with Crippen LogP contribution >= 0.6 is 11.3 Å². The Morgan fingerprint density at radius 1 is 1.19 bits per heavy atom. The van der Waals surface area contributed by atoms with Crippen molar-refractivity contribution in [2.45, 2.75) is 19.1 Å². The zero-order chi connectivity index (χ0) is 26.5. The highest BCUT2D eigenvalue weighted by Crippen LogP contribution is 2.31. The van der Waals surface area contributed by atoms with E-state index in [1.165, 1.54) is 21.2 Å². The molecule has 37 heavy (non-hydrogen) atoms. The van der Waals surface area contributed by atoms with E-state index in [9.17, 15) is 23.2 Å². The molecular weight excluding hydrogens is 522 g/mol. The van der Waals surface area contributed by atoms with Crippen LogP contribution in [0.1, 0.15) is 5.01 Å². The molecule has 3 N–H and O–H groups in total. The number of hydrazine groups is 1. The Hall–Kier alpha value is -3.66. The fourth-order valence-corrected chi connectivity index (χ4v) is 4.41. The minimum atomic E-state index is -3.22. The van der Waals surface area contributed by atoms with E-state index in [-0.39, 0.29) is 57.2 Å². The second kappa shape index (κ2) is 11.6. The normalized spacial score (nSPS) is 18.1. The lowest BCUT2D eigenvalue weighted by atomic mass is 10.2. The minimum Gasteiger partial charge on any atom is -0.442 e. The van der Waals surface area contributed by atoms with Crippen LogP contribution in [0.2, 0.25) is 0 Å². The van der Waals surface area contributed by atoms with Crippen LogP contribution in [0.4, 0.5) is 38.5 Å². The van der Waals surface area contributed by atoms with Gasteiger partial charge in [0.25, 0.3) is 5.91 Å². The van der Waals surface area contributed by atoms with Crippen molar-refractivity contribution in [3.63, 3.8) is 0 Å². The first kappa shape index (κ1) is 26.4. The molecule has 2 fully saturated rings. The molecule has 1 aromatic heterocycles. The molecule has 0 aliphatic carbocycles. The maximum absolute atomic E-state index is 15.1. The maximum Gasteiger partial charge on any atom is 0.414 e. The number of anilines is 2. The van der Waals surface area contributed by atoms with E-state index >= 15 is 8.78 Å². The Morgan fingerprint density at radius 3 is 2.62 bits per heavy atom. The van der Waals surface area contributed by atoms with E-state index in [1.807, 2.05) is 5.32 Å². The number of urea groups is 1. The standard InChI is InChI=1S/C21H23F4N7O4S/c22-14-7-12(31-11-13(36-21(31)35)9-27-19(33)18(24)25)8-15(23)17(14)30-3-1-29-32(5-4-30)20(34)28-10-16-26-2-6-37-16/h2,6-8,13,18,29H,1,3-5,9-11H2,(H,27,33)(H,28,34)/t13-/m0/s1. The van der Waals surface area contributed by atoms with Gasteiger partial charge in [-0.2, -0.15) is 8.78 Å². The molecule has 3 heterocycles. The van der Waals surface area contributed by atoms with Gasteiger partial charge in [-0.25, -0.2) is 28.8 Å². The van der Waals surface area contributed by atoms with Crippen molar-refractivity contribution >= 4 is 40.7 Å². The molecular formula is C21H23F4N7O4S. The molecule has 2 aliphatic heterocycles. The fourth-order valence-electron chi connectivity index (χ4n) is 3.86. The molecule has 2 aromatic rings. The summed E-state index contributed by atoms with van der Waals surface area (Å²) >= 11 is 1.40. The van der Waals surface area contributed by atoms with Gasteiger partial charge in [0.15, 0.2) is 11.6 Å². The second-order valence-corrected chi connectivity index (χ2v) is 9.03. The minimum absolute atomic E-state index is 0.123. The molecule has 0 bridgehead atoms. The number of alkyl halides is 2. The van der Waals surface area contributed by atoms with Crippen molar-refractivity contribution in [3.05, 3.63) is 40.4 Å². The Bertz CT molecular complexity index is 1120. The quantitative estimate of drug-likeness (QED) is 0.453. The van der Waals surface area contributed by atoms with Crippen LogP contribution in [0.15, 0.2) is 23.7 Å². The summed E-state index contributed by atoms with van der Waals surface area (Å²) in [6.45, 7) is 0.373. The van der Waals surface area contributed by atoms with Gasteiger partial charge < -0.3 is 20.3 Å². The van der Waals surface area contributed by atoms with E-state index < -0.39 is 42.2 Å². The number of thiazole rings is 1. The average molecular weight is 546 g/mol. The number of nitrogens with zero attached hydrogens (tertiary/aromatic N) is 4. The SMILES string of the molecule is O=C(NC[C@H]1CN(c2cc(F)c(N3CCNN(C(=O)NCc4nccs4)CC3)c(F)c2)C(=O)O1)C(F)F. The van der Waals surface area contributed by atoms with Gasteiger partial charge in [0.1, 0.15) is 16.8 Å². The van der Waals surface area contributed by atoms with Gasteiger partial charge in [0.05, 0.1) is 31.9 Å². The highest BCUT2D eigenvalue weighted by atomic mass is 32.1. The van der Waals surface area contributed by atoms with Crippen LogP contribution in [0, 0.1) is 11.6 Å². The third-order valence-corrected chi connectivity index (χ3v) is 6.38. The van der Waals surface area contributed by atoms with Crippen LogP contribution in [-0.2, 0) is 16.1 Å². The number of cyclic esters (lactones) is 1. The lowest BCUT2D eigenvalue weighted by Crippen LogP contribution is -2.48. The summed E-state index contributed by atoms with van der Waals surface area (Å²) in [5.74, 6) is -3.38. The van der Waals surface area contributed by atoms with Crippen molar-refractivity contribution < 1.29 is 36.7 Å². The molecule has 1 aromatic carbocycles. The van der Waals surface area contributed by atoms with Gasteiger partial charge in [-0.15, -0.1) is 11.3 Å². The number of carbonyl (C=O) groups excluding carboxylic acids is 3. The van der Waals surface area contributed by atoms with Gasteiger partial charge in [0.2, 0.25) is 0 Å². The highest BCUT2D eigenvalue weighted by molar-refractivity contribution is 7.09. The lowest BCUT2D eigenvalue weighted by Gasteiger charge is -2.25. The maximum atomic E-state index is 15.1. The monoisotopic (exact) mass is 545 g/mol. The predicted molar refractivity (Wildman–Crippen MR) is 124 cm³/mol. The summed E-state index contributed by atoms with van der Waals surface area (Å²) in [6.07, 6.45) is -3.49. The third-order valence-electron chi connectivity index (χ3n) is 5.60. The van der Waals surface area contributed by atoms with E-state index in [2.05, 4.69) is 15.7 Å². The van der Waals surface area contributed by atoms with Crippen molar-refractivity contribution in [2.75, 3.05) is 49.1 Å². The number of benzene rings is 1. The van der Waals surface area contributed by atoms with E-state index in [0.717, 1.165) is 22.0 Å². The summed E-state index contributed by atoms with van der Waals surface area (Å²) in [5, 5.41) is 8.51. The van der Waals surface area contributed by atoms with Crippen LogP contribution < -0.4 is 25.9 Å². The molecule has 0 radical (unpaired) electrons. The Kier molecular flexibility index (Phi) is 8.27. The molecule has 2 aliphatic rings. The van der Waals surface area contributed by atoms with Crippen LogP contribution in [0.3, 0.4) is 0 Å². The smallest absolute Gasteiger partial charge is 0.414 e. The van der Waals surface area contributed by atoms with Crippen LogP contribution in [0.5, 0.6) is 0 Å². The summed E-state index contributed by atoms with van der Waals surface area (Å²) in [6, 6.07) is 1.54. The number of carbonyl (C=O) groups is 3. The number of aromatic nitrogens is 1. The number of halogens is 4. The second-order valence-electron chi connectivity index (χ2n) is 8.05. The summed E-state index contributed by atoms with van der Waals surface area (Å²) in [5.41, 5.74) is 2.48. The van der Waals surface area contributed by atoms with Crippen molar-refractivity contribution in [1.82, 2.24) is 26.1 Å². The topological polar surface area (TPSA) is 119 Å². The summed E-state index contributed by atoms with van der Waals surface area (Å²) in [4.78, 5) is 42.1. The highest BCUT2D eigenvalue weighted by Gasteiger charge is 2.34. The lowest BCUT2D eigenvalue weighted by molar-refractivity contribution is -0.132. The molecule has 0 unspecified atom stereocenters.